The number of nitrogens with zero attached hydrogens (tertiary/aromatic N) is 1. The highest BCUT2D eigenvalue weighted by Gasteiger charge is 1.97. The third-order valence-corrected chi connectivity index (χ3v) is 2.23. The first-order valence-electron chi connectivity index (χ1n) is 4.65. The fourth-order valence-corrected chi connectivity index (χ4v) is 1.40. The van der Waals surface area contributed by atoms with Crippen molar-refractivity contribution in [3.05, 3.63) is 34.3 Å². The lowest BCUT2D eigenvalue weighted by Crippen LogP contribution is -2.18. The summed E-state index contributed by atoms with van der Waals surface area (Å²) in [7, 11) is 0. The maximum atomic E-state index is 4.28. The predicted octanol–water partition coefficient (Wildman–Crippen LogP) is 3.17. The Morgan fingerprint density at radius 1 is 1.43 bits per heavy atom. The molecule has 1 aromatic rings. The Kier molecular flexibility index (Phi) is 4.14. The molecule has 0 saturated heterocycles. The van der Waals surface area contributed by atoms with Crippen molar-refractivity contribution < 1.29 is 0 Å². The SMILES string of the molecule is C/C(=N\NC(C)C)c1cccc(Br)c1. The molecule has 0 amide bonds. The molecule has 0 aliphatic carbocycles. The molecule has 0 radical (unpaired) electrons. The molecular weight excluding hydrogens is 240 g/mol. The van der Waals surface area contributed by atoms with E-state index in [4.69, 9.17) is 0 Å². The summed E-state index contributed by atoms with van der Waals surface area (Å²) in [6.45, 7) is 6.13. The van der Waals surface area contributed by atoms with Gasteiger partial charge in [0, 0.05) is 10.5 Å². The van der Waals surface area contributed by atoms with Crippen LogP contribution in [0.25, 0.3) is 0 Å². The minimum Gasteiger partial charge on any atom is -0.307 e. The molecule has 1 aromatic carbocycles. The van der Waals surface area contributed by atoms with E-state index in [1.54, 1.807) is 0 Å². The van der Waals surface area contributed by atoms with Gasteiger partial charge in [0.15, 0.2) is 0 Å². The van der Waals surface area contributed by atoms with E-state index >= 15 is 0 Å². The Labute approximate surface area is 93.5 Å². The average molecular weight is 255 g/mol. The minimum atomic E-state index is 0.372. The van der Waals surface area contributed by atoms with Crippen molar-refractivity contribution in [2.24, 2.45) is 5.10 Å². The van der Waals surface area contributed by atoms with Gasteiger partial charge in [-0.2, -0.15) is 5.10 Å². The summed E-state index contributed by atoms with van der Waals surface area (Å²) < 4.78 is 1.08. The zero-order valence-corrected chi connectivity index (χ0v) is 10.3. The number of hydrogen-bond donors (Lipinski definition) is 1. The average Bonchev–Trinajstić information content (AvgIpc) is 2.14. The molecule has 0 aliphatic heterocycles. The van der Waals surface area contributed by atoms with Crippen LogP contribution in [0.4, 0.5) is 0 Å². The number of hydrogen-bond acceptors (Lipinski definition) is 2. The van der Waals surface area contributed by atoms with Crippen LogP contribution in [0.5, 0.6) is 0 Å². The van der Waals surface area contributed by atoms with Gasteiger partial charge >= 0.3 is 0 Å². The van der Waals surface area contributed by atoms with Gasteiger partial charge in [0.05, 0.1) is 5.71 Å². The Balaban J connectivity index is 2.78. The second kappa shape index (κ2) is 5.15. The first-order valence-corrected chi connectivity index (χ1v) is 5.44. The van der Waals surface area contributed by atoms with Crippen LogP contribution >= 0.6 is 15.9 Å². The first-order chi connectivity index (χ1) is 6.59. The molecular formula is C11H15BrN2. The van der Waals surface area contributed by atoms with Gasteiger partial charge in [0.1, 0.15) is 0 Å². The lowest BCUT2D eigenvalue weighted by atomic mass is 10.1. The van der Waals surface area contributed by atoms with Crippen molar-refractivity contribution in [2.75, 3.05) is 0 Å². The lowest BCUT2D eigenvalue weighted by molar-refractivity contribution is 0.620. The Morgan fingerprint density at radius 2 is 2.14 bits per heavy atom. The molecule has 3 heteroatoms. The van der Waals surface area contributed by atoms with Crippen LogP contribution in [-0.4, -0.2) is 11.8 Å². The molecule has 14 heavy (non-hydrogen) atoms. The van der Waals surface area contributed by atoms with Crippen molar-refractivity contribution in [2.45, 2.75) is 26.8 Å². The van der Waals surface area contributed by atoms with E-state index in [1.807, 2.05) is 25.1 Å². The van der Waals surface area contributed by atoms with Crippen LogP contribution in [0.3, 0.4) is 0 Å². The third-order valence-electron chi connectivity index (χ3n) is 1.73. The summed E-state index contributed by atoms with van der Waals surface area (Å²) in [5.41, 5.74) is 5.17. The molecule has 0 heterocycles. The van der Waals surface area contributed by atoms with E-state index in [2.05, 4.69) is 46.4 Å². The molecule has 0 aromatic heterocycles. The smallest absolute Gasteiger partial charge is 0.0644 e. The zero-order chi connectivity index (χ0) is 10.6. The summed E-state index contributed by atoms with van der Waals surface area (Å²) >= 11 is 3.44. The van der Waals surface area contributed by atoms with Crippen molar-refractivity contribution in [3.63, 3.8) is 0 Å². The van der Waals surface area contributed by atoms with Crippen LogP contribution < -0.4 is 5.43 Å². The fourth-order valence-electron chi connectivity index (χ4n) is 1.00. The van der Waals surface area contributed by atoms with E-state index < -0.39 is 0 Å². The number of rotatable bonds is 3. The van der Waals surface area contributed by atoms with Crippen LogP contribution in [0.2, 0.25) is 0 Å². The highest BCUT2D eigenvalue weighted by molar-refractivity contribution is 9.10. The Hall–Kier alpha value is -0.830. The molecule has 0 aliphatic rings. The van der Waals surface area contributed by atoms with Crippen LogP contribution in [-0.2, 0) is 0 Å². The Morgan fingerprint density at radius 3 is 2.71 bits per heavy atom. The number of nitrogens with one attached hydrogen (secondary N) is 1. The molecule has 2 nitrogen and oxygen atoms in total. The first kappa shape index (κ1) is 11.2. The third kappa shape index (κ3) is 3.50. The quantitative estimate of drug-likeness (QED) is 0.651. The van der Waals surface area contributed by atoms with Gasteiger partial charge in [0.25, 0.3) is 0 Å². The number of benzene rings is 1. The highest BCUT2D eigenvalue weighted by Crippen LogP contribution is 2.12. The Bertz CT molecular complexity index is 332. The van der Waals surface area contributed by atoms with Crippen molar-refractivity contribution in [3.8, 4) is 0 Å². The van der Waals surface area contributed by atoms with E-state index in [0.29, 0.717) is 6.04 Å². The van der Waals surface area contributed by atoms with E-state index in [0.717, 1.165) is 15.7 Å². The van der Waals surface area contributed by atoms with E-state index in [9.17, 15) is 0 Å². The molecule has 1 N–H and O–H groups in total. The molecule has 76 valence electrons. The zero-order valence-electron chi connectivity index (χ0n) is 8.71. The van der Waals surface area contributed by atoms with Gasteiger partial charge < -0.3 is 5.43 Å². The summed E-state index contributed by atoms with van der Waals surface area (Å²) in [6.07, 6.45) is 0. The standard InChI is InChI=1S/C11H15BrN2/c1-8(2)13-14-9(3)10-5-4-6-11(12)7-10/h4-8,13H,1-3H3/b14-9+. The van der Waals surface area contributed by atoms with Crippen LogP contribution in [0, 0.1) is 0 Å². The van der Waals surface area contributed by atoms with Gasteiger partial charge in [-0.15, -0.1) is 0 Å². The van der Waals surface area contributed by atoms with Gasteiger partial charge in [-0.25, -0.2) is 0 Å². The second-order valence-electron chi connectivity index (χ2n) is 3.49. The summed E-state index contributed by atoms with van der Waals surface area (Å²) in [5.74, 6) is 0. The highest BCUT2D eigenvalue weighted by atomic mass is 79.9. The largest absolute Gasteiger partial charge is 0.307 e. The second-order valence-corrected chi connectivity index (χ2v) is 4.41. The van der Waals surface area contributed by atoms with Crippen molar-refractivity contribution in [1.82, 2.24) is 5.43 Å². The molecule has 0 atom stereocenters. The summed E-state index contributed by atoms with van der Waals surface area (Å²) in [6, 6.07) is 8.49. The predicted molar refractivity (Wildman–Crippen MR) is 64.6 cm³/mol. The van der Waals surface area contributed by atoms with Gasteiger partial charge in [-0.05, 0) is 38.5 Å². The minimum absolute atomic E-state index is 0.372. The topological polar surface area (TPSA) is 24.4 Å². The maximum absolute atomic E-state index is 4.28. The van der Waals surface area contributed by atoms with E-state index in [-0.39, 0.29) is 0 Å². The summed E-state index contributed by atoms with van der Waals surface area (Å²) in [5, 5.41) is 4.28. The lowest BCUT2D eigenvalue weighted by Gasteiger charge is -2.06. The van der Waals surface area contributed by atoms with Crippen molar-refractivity contribution in [1.29, 1.82) is 0 Å². The fraction of sp³-hybridized carbons (Fsp3) is 0.364. The van der Waals surface area contributed by atoms with Gasteiger partial charge in [-0.1, -0.05) is 28.1 Å². The van der Waals surface area contributed by atoms with Crippen LogP contribution in [0.15, 0.2) is 33.8 Å². The van der Waals surface area contributed by atoms with Crippen LogP contribution in [0.1, 0.15) is 26.3 Å². The van der Waals surface area contributed by atoms with Gasteiger partial charge in [-0.3, -0.25) is 0 Å². The van der Waals surface area contributed by atoms with Crippen molar-refractivity contribution >= 4 is 21.6 Å². The molecule has 1 rings (SSSR count). The number of hydrazone groups is 1. The summed E-state index contributed by atoms with van der Waals surface area (Å²) in [4.78, 5) is 0. The maximum Gasteiger partial charge on any atom is 0.0644 e. The molecule has 0 spiro atoms. The molecule has 0 fully saturated rings. The normalized spacial score (nSPS) is 11.9. The number of halogens is 1. The molecule has 0 unspecified atom stereocenters. The molecule has 0 bridgehead atoms. The molecule has 0 saturated carbocycles. The monoisotopic (exact) mass is 254 g/mol. The van der Waals surface area contributed by atoms with E-state index in [1.165, 1.54) is 0 Å². The van der Waals surface area contributed by atoms with Gasteiger partial charge in [0.2, 0.25) is 0 Å².